The van der Waals surface area contributed by atoms with Gasteiger partial charge in [-0.05, 0) is 19.8 Å². The van der Waals surface area contributed by atoms with Gasteiger partial charge in [-0.25, -0.2) is 18.7 Å². The van der Waals surface area contributed by atoms with Crippen molar-refractivity contribution in [2.24, 2.45) is 0 Å². The van der Waals surface area contributed by atoms with Gasteiger partial charge >= 0.3 is 0 Å². The fourth-order valence-corrected chi connectivity index (χ4v) is 4.92. The van der Waals surface area contributed by atoms with Crippen LogP contribution in [-0.4, -0.2) is 75.9 Å². The highest BCUT2D eigenvalue weighted by atomic mass is 19.3. The molecule has 0 aromatic carbocycles. The highest BCUT2D eigenvalue weighted by Crippen LogP contribution is 2.48. The fraction of sp³-hybridized carbons (Fsp3) is 0.682. The third kappa shape index (κ3) is 3.95. The topological polar surface area (TPSA) is 82.2 Å². The molecule has 2 saturated carbocycles. The monoisotopic (exact) mass is 463 g/mol. The number of hydrogen-bond donors (Lipinski definition) is 2. The number of hydrogen-bond acceptors (Lipinski definition) is 7. The molecule has 8 nitrogen and oxygen atoms in total. The molecule has 0 radical (unpaired) electrons. The van der Waals surface area contributed by atoms with Crippen LogP contribution in [0.3, 0.4) is 0 Å². The summed E-state index contributed by atoms with van der Waals surface area (Å²) in [7, 11) is 0. The Kier molecular flexibility index (Phi) is 4.84. The van der Waals surface area contributed by atoms with Crippen molar-refractivity contribution in [3.05, 3.63) is 23.4 Å². The summed E-state index contributed by atoms with van der Waals surface area (Å²) in [6.07, 6.45) is 1.62. The summed E-state index contributed by atoms with van der Waals surface area (Å²) in [5.74, 6) is -1.70. The van der Waals surface area contributed by atoms with Gasteiger partial charge in [0.15, 0.2) is 17.5 Å². The van der Waals surface area contributed by atoms with Crippen LogP contribution in [0.1, 0.15) is 56.0 Å². The van der Waals surface area contributed by atoms with E-state index in [1.165, 1.54) is 0 Å². The van der Waals surface area contributed by atoms with E-state index in [1.807, 2.05) is 4.90 Å². The van der Waals surface area contributed by atoms with Crippen LogP contribution in [0.4, 0.5) is 30.6 Å². The van der Waals surface area contributed by atoms with Gasteiger partial charge in [0.2, 0.25) is 11.7 Å². The molecule has 0 amide bonds. The number of anilines is 3. The van der Waals surface area contributed by atoms with E-state index in [2.05, 4.69) is 37.3 Å². The average molecular weight is 464 g/mol. The maximum Gasteiger partial charge on any atom is 0.249 e. The molecule has 0 atom stereocenters. The number of piperazine rings is 1. The number of rotatable bonds is 6. The molecule has 0 bridgehead atoms. The van der Waals surface area contributed by atoms with Gasteiger partial charge in [-0.3, -0.25) is 10.00 Å². The summed E-state index contributed by atoms with van der Waals surface area (Å²) in [6.45, 7) is 6.66. The Balaban J connectivity index is 1.20. The van der Waals surface area contributed by atoms with Crippen molar-refractivity contribution >= 4 is 17.5 Å². The van der Waals surface area contributed by atoms with Crippen LogP contribution in [0.15, 0.2) is 6.07 Å². The Labute approximate surface area is 189 Å². The standard InChI is InChI=1S/C22H28F3N7O/c1-21(11-33-12-21)32-6-4-31(5-7-32)20-17(23)19(27-18(28-20)13-2-3-13)26-16-8-15(29-30-16)14-9-22(24,25)10-14/h8,13-14H,2-7,9-12H2,1H3,(H2,26,27,28,29,30). The second-order valence-corrected chi connectivity index (χ2v) is 10.1. The first-order chi connectivity index (χ1) is 15.8. The van der Waals surface area contributed by atoms with Gasteiger partial charge in [-0.2, -0.15) is 9.49 Å². The number of ether oxygens (including phenoxy) is 1. The molecule has 0 unspecified atom stereocenters. The third-order valence-electron chi connectivity index (χ3n) is 7.34. The second-order valence-electron chi connectivity index (χ2n) is 10.1. The summed E-state index contributed by atoms with van der Waals surface area (Å²) >= 11 is 0. The Hall–Kier alpha value is -2.40. The van der Waals surface area contributed by atoms with Crippen LogP contribution in [0.25, 0.3) is 0 Å². The van der Waals surface area contributed by atoms with E-state index in [4.69, 9.17) is 4.74 Å². The molecular weight excluding hydrogens is 435 g/mol. The predicted molar refractivity (Wildman–Crippen MR) is 116 cm³/mol. The number of H-pyrrole nitrogens is 1. The number of aromatic nitrogens is 4. The number of halogens is 3. The van der Waals surface area contributed by atoms with Crippen molar-refractivity contribution in [2.75, 3.05) is 49.6 Å². The lowest BCUT2D eigenvalue weighted by Crippen LogP contribution is -2.64. The number of alkyl halides is 2. The van der Waals surface area contributed by atoms with Crippen molar-refractivity contribution in [1.29, 1.82) is 0 Å². The minimum Gasteiger partial charge on any atom is -0.377 e. The lowest BCUT2D eigenvalue weighted by molar-refractivity contribution is -0.131. The van der Waals surface area contributed by atoms with Crippen molar-refractivity contribution in [1.82, 2.24) is 25.1 Å². The molecule has 2 N–H and O–H groups in total. The number of nitrogens with one attached hydrogen (secondary N) is 2. The highest BCUT2D eigenvalue weighted by molar-refractivity contribution is 5.59. The molecule has 0 spiro atoms. The Morgan fingerprint density at radius 3 is 2.42 bits per heavy atom. The van der Waals surface area contributed by atoms with Crippen molar-refractivity contribution < 1.29 is 17.9 Å². The van der Waals surface area contributed by atoms with Crippen LogP contribution in [-0.2, 0) is 4.74 Å². The summed E-state index contributed by atoms with van der Waals surface area (Å²) in [6, 6.07) is 1.66. The molecular formula is C22H28F3N7O. The first kappa shape index (κ1) is 21.2. The average Bonchev–Trinajstić information content (AvgIpc) is 3.51. The quantitative estimate of drug-likeness (QED) is 0.680. The zero-order chi connectivity index (χ0) is 22.8. The van der Waals surface area contributed by atoms with Gasteiger partial charge in [-0.15, -0.1) is 0 Å². The lowest BCUT2D eigenvalue weighted by Gasteiger charge is -2.50. The van der Waals surface area contributed by atoms with Gasteiger partial charge in [-0.1, -0.05) is 0 Å². The molecule has 11 heteroatoms. The molecule has 2 aliphatic carbocycles. The van der Waals surface area contributed by atoms with E-state index in [0.29, 0.717) is 36.2 Å². The van der Waals surface area contributed by atoms with Gasteiger partial charge in [0.05, 0.1) is 18.8 Å². The molecule has 2 aromatic rings. The Morgan fingerprint density at radius 2 is 1.82 bits per heavy atom. The zero-order valence-electron chi connectivity index (χ0n) is 18.6. The normalized spacial score (nSPS) is 24.9. The van der Waals surface area contributed by atoms with Crippen LogP contribution < -0.4 is 10.2 Å². The minimum atomic E-state index is -2.61. The molecule has 4 fully saturated rings. The zero-order valence-corrected chi connectivity index (χ0v) is 18.6. The fourth-order valence-electron chi connectivity index (χ4n) is 4.92. The Bertz CT molecular complexity index is 1040. The molecule has 2 aliphatic heterocycles. The summed E-state index contributed by atoms with van der Waals surface area (Å²) in [5, 5.41) is 9.91. The van der Waals surface area contributed by atoms with E-state index in [1.54, 1.807) is 6.07 Å². The second kappa shape index (κ2) is 7.56. The predicted octanol–water partition coefficient (Wildman–Crippen LogP) is 3.38. The van der Waals surface area contributed by atoms with Gasteiger partial charge in [0.1, 0.15) is 5.82 Å². The van der Waals surface area contributed by atoms with Crippen molar-refractivity contribution in [2.45, 2.75) is 55.9 Å². The molecule has 178 valence electrons. The minimum absolute atomic E-state index is 0.0737. The van der Waals surface area contributed by atoms with E-state index in [9.17, 15) is 8.78 Å². The molecule has 2 saturated heterocycles. The first-order valence-corrected chi connectivity index (χ1v) is 11.6. The van der Waals surface area contributed by atoms with Gasteiger partial charge < -0.3 is 15.0 Å². The largest absolute Gasteiger partial charge is 0.377 e. The number of aromatic amines is 1. The smallest absolute Gasteiger partial charge is 0.249 e. The van der Waals surface area contributed by atoms with Crippen LogP contribution in [0.5, 0.6) is 0 Å². The van der Waals surface area contributed by atoms with E-state index < -0.39 is 11.7 Å². The lowest BCUT2D eigenvalue weighted by atomic mass is 9.79. The number of nitrogens with zero attached hydrogens (tertiary/aromatic N) is 5. The molecule has 4 aliphatic rings. The van der Waals surface area contributed by atoms with E-state index >= 15 is 4.39 Å². The molecule has 6 rings (SSSR count). The van der Waals surface area contributed by atoms with E-state index in [-0.39, 0.29) is 36.0 Å². The summed E-state index contributed by atoms with van der Waals surface area (Å²) in [5.41, 5.74) is 0.703. The SMILES string of the molecule is CC1(N2CCN(c3nc(C4CC4)nc(Nc4cc(C5CC(F)(F)C5)[nH]n4)c3F)CC2)COC1. The van der Waals surface area contributed by atoms with Crippen molar-refractivity contribution in [3.63, 3.8) is 0 Å². The maximum atomic E-state index is 15.6. The van der Waals surface area contributed by atoms with Crippen LogP contribution >= 0.6 is 0 Å². The maximum absolute atomic E-state index is 15.6. The van der Waals surface area contributed by atoms with Gasteiger partial charge in [0, 0.05) is 62.6 Å². The molecule has 33 heavy (non-hydrogen) atoms. The third-order valence-corrected chi connectivity index (χ3v) is 7.34. The van der Waals surface area contributed by atoms with E-state index in [0.717, 1.165) is 39.1 Å². The summed E-state index contributed by atoms with van der Waals surface area (Å²) in [4.78, 5) is 13.4. The van der Waals surface area contributed by atoms with Crippen LogP contribution in [0, 0.1) is 5.82 Å². The summed E-state index contributed by atoms with van der Waals surface area (Å²) < 4.78 is 47.4. The highest BCUT2D eigenvalue weighted by Gasteiger charge is 2.46. The van der Waals surface area contributed by atoms with Crippen LogP contribution in [0.2, 0.25) is 0 Å². The van der Waals surface area contributed by atoms with Crippen molar-refractivity contribution in [3.8, 4) is 0 Å². The Morgan fingerprint density at radius 1 is 1.09 bits per heavy atom. The van der Waals surface area contributed by atoms with Gasteiger partial charge in [0.25, 0.3) is 0 Å². The molecule has 2 aromatic heterocycles. The first-order valence-electron chi connectivity index (χ1n) is 11.6. The molecule has 4 heterocycles.